The maximum atomic E-state index is 12.1. The Morgan fingerprint density at radius 2 is 2.00 bits per heavy atom. The maximum absolute atomic E-state index is 12.1. The molecule has 0 radical (unpaired) electrons. The van der Waals surface area contributed by atoms with Crippen molar-refractivity contribution in [3.8, 4) is 5.75 Å². The van der Waals surface area contributed by atoms with E-state index in [9.17, 15) is 4.79 Å². The van der Waals surface area contributed by atoms with Gasteiger partial charge < -0.3 is 4.74 Å². The third kappa shape index (κ3) is 2.60. The molecule has 0 amide bonds. The van der Waals surface area contributed by atoms with Crippen molar-refractivity contribution in [1.29, 1.82) is 0 Å². The van der Waals surface area contributed by atoms with Crippen molar-refractivity contribution < 1.29 is 4.74 Å². The minimum Gasteiger partial charge on any atom is -0.496 e. The van der Waals surface area contributed by atoms with E-state index in [1.165, 1.54) is 10.9 Å². The average Bonchev–Trinajstić information content (AvgIpc) is 2.43. The fourth-order valence-electron chi connectivity index (χ4n) is 2.05. The molecule has 0 aliphatic carbocycles. The fraction of sp³-hybridized carbons (Fsp3) is 0.357. The van der Waals surface area contributed by atoms with E-state index in [2.05, 4.69) is 25.9 Å². The van der Waals surface area contributed by atoms with Crippen molar-refractivity contribution in [2.24, 2.45) is 0 Å². The van der Waals surface area contributed by atoms with Gasteiger partial charge in [0.05, 0.1) is 31.4 Å². The molecular weight excluding hydrogens is 322 g/mol. The van der Waals surface area contributed by atoms with Crippen LogP contribution in [0.2, 0.25) is 0 Å². The van der Waals surface area contributed by atoms with Crippen LogP contribution in [-0.4, -0.2) is 21.6 Å². The van der Waals surface area contributed by atoms with Gasteiger partial charge in [-0.05, 0) is 36.7 Å². The van der Waals surface area contributed by atoms with Gasteiger partial charge in [0.2, 0.25) is 0 Å². The standard InChI is InChI=1S/C14H16BrN3O2/c1-8-5-16-11(9(2)13(8)20-4)6-18-7-17-10(3)12(15)14(18)19/h5,7H,6H2,1-4H3. The number of hydrogen-bond acceptors (Lipinski definition) is 4. The Morgan fingerprint density at radius 3 is 2.65 bits per heavy atom. The first-order valence-corrected chi connectivity index (χ1v) is 6.95. The molecule has 0 atom stereocenters. The number of rotatable bonds is 3. The first-order valence-electron chi connectivity index (χ1n) is 6.16. The van der Waals surface area contributed by atoms with Gasteiger partial charge in [0.1, 0.15) is 10.2 Å². The molecule has 0 N–H and O–H groups in total. The molecule has 0 fully saturated rings. The highest BCUT2D eigenvalue weighted by atomic mass is 79.9. The highest BCUT2D eigenvalue weighted by Gasteiger charge is 2.12. The number of hydrogen-bond donors (Lipinski definition) is 0. The van der Waals surface area contributed by atoms with E-state index in [0.29, 0.717) is 16.7 Å². The molecule has 20 heavy (non-hydrogen) atoms. The second-order valence-corrected chi connectivity index (χ2v) is 5.42. The molecule has 0 aliphatic heterocycles. The van der Waals surface area contributed by atoms with Gasteiger partial charge in [-0.15, -0.1) is 0 Å². The third-order valence-corrected chi connectivity index (χ3v) is 4.14. The van der Waals surface area contributed by atoms with E-state index >= 15 is 0 Å². The molecule has 0 unspecified atom stereocenters. The Labute approximate surface area is 125 Å². The summed E-state index contributed by atoms with van der Waals surface area (Å²) in [6.45, 7) is 6.04. The lowest BCUT2D eigenvalue weighted by molar-refractivity contribution is 0.406. The van der Waals surface area contributed by atoms with Crippen molar-refractivity contribution in [3.05, 3.63) is 49.9 Å². The van der Waals surface area contributed by atoms with Gasteiger partial charge in [-0.2, -0.15) is 0 Å². The molecule has 2 rings (SSSR count). The van der Waals surface area contributed by atoms with Gasteiger partial charge in [-0.25, -0.2) is 4.98 Å². The number of pyridine rings is 1. The Morgan fingerprint density at radius 1 is 1.30 bits per heavy atom. The zero-order valence-corrected chi connectivity index (χ0v) is 13.5. The molecule has 0 bridgehead atoms. The van der Waals surface area contributed by atoms with Crippen molar-refractivity contribution in [2.75, 3.05) is 7.11 Å². The van der Waals surface area contributed by atoms with Crippen LogP contribution in [0.3, 0.4) is 0 Å². The molecule has 2 heterocycles. The quantitative estimate of drug-likeness (QED) is 0.862. The van der Waals surface area contributed by atoms with Crippen LogP contribution in [0.5, 0.6) is 5.75 Å². The third-order valence-electron chi connectivity index (χ3n) is 3.23. The molecule has 0 saturated carbocycles. The second kappa shape index (κ2) is 5.75. The van der Waals surface area contributed by atoms with E-state index in [1.54, 1.807) is 20.2 Å². The molecule has 0 saturated heterocycles. The summed E-state index contributed by atoms with van der Waals surface area (Å²) in [7, 11) is 1.63. The number of ether oxygens (including phenoxy) is 1. The van der Waals surface area contributed by atoms with Crippen molar-refractivity contribution in [3.63, 3.8) is 0 Å². The Balaban J connectivity index is 2.46. The highest BCUT2D eigenvalue weighted by molar-refractivity contribution is 9.10. The van der Waals surface area contributed by atoms with Gasteiger partial charge in [0.25, 0.3) is 5.56 Å². The molecule has 0 aliphatic rings. The van der Waals surface area contributed by atoms with Crippen LogP contribution in [0.25, 0.3) is 0 Å². The van der Waals surface area contributed by atoms with Crippen molar-refractivity contribution in [2.45, 2.75) is 27.3 Å². The molecule has 6 heteroatoms. The summed E-state index contributed by atoms with van der Waals surface area (Å²) >= 11 is 3.26. The Kier molecular flexibility index (Phi) is 4.23. The predicted molar refractivity (Wildman–Crippen MR) is 80.3 cm³/mol. The lowest BCUT2D eigenvalue weighted by atomic mass is 10.1. The molecule has 5 nitrogen and oxygen atoms in total. The number of halogens is 1. The van der Waals surface area contributed by atoms with Gasteiger partial charge in [0.15, 0.2) is 0 Å². The highest BCUT2D eigenvalue weighted by Crippen LogP contribution is 2.24. The number of methoxy groups -OCH3 is 1. The van der Waals surface area contributed by atoms with Gasteiger partial charge in [0, 0.05) is 17.3 Å². The number of aromatic nitrogens is 3. The van der Waals surface area contributed by atoms with Crippen LogP contribution >= 0.6 is 15.9 Å². The Hall–Kier alpha value is -1.69. The lowest BCUT2D eigenvalue weighted by Crippen LogP contribution is -2.23. The SMILES string of the molecule is COc1c(C)cnc(Cn2cnc(C)c(Br)c2=O)c1C. The summed E-state index contributed by atoms with van der Waals surface area (Å²) < 4.78 is 7.39. The Bertz CT molecular complexity index is 710. The summed E-state index contributed by atoms with van der Waals surface area (Å²) in [5, 5.41) is 0. The zero-order valence-electron chi connectivity index (χ0n) is 11.9. The van der Waals surface area contributed by atoms with E-state index < -0.39 is 0 Å². The molecule has 2 aromatic rings. The summed E-state index contributed by atoms with van der Waals surface area (Å²) in [6, 6.07) is 0. The van der Waals surface area contributed by atoms with Crippen LogP contribution in [0.4, 0.5) is 0 Å². The van der Waals surface area contributed by atoms with Gasteiger partial charge in [-0.1, -0.05) is 0 Å². The first kappa shape index (κ1) is 14.7. The zero-order chi connectivity index (χ0) is 14.9. The van der Waals surface area contributed by atoms with Crippen LogP contribution in [0.1, 0.15) is 22.5 Å². The minimum atomic E-state index is -0.113. The number of nitrogens with zero attached hydrogens (tertiary/aromatic N) is 3. The molecule has 0 spiro atoms. The van der Waals surface area contributed by atoms with Crippen LogP contribution in [0.15, 0.2) is 21.8 Å². The second-order valence-electron chi connectivity index (χ2n) is 4.62. The van der Waals surface area contributed by atoms with Crippen LogP contribution in [0, 0.1) is 20.8 Å². The molecule has 106 valence electrons. The van der Waals surface area contributed by atoms with Crippen molar-refractivity contribution >= 4 is 15.9 Å². The summed E-state index contributed by atoms with van der Waals surface area (Å²) in [6.07, 6.45) is 3.29. The topological polar surface area (TPSA) is 57.0 Å². The van der Waals surface area contributed by atoms with Crippen molar-refractivity contribution in [1.82, 2.24) is 14.5 Å². The predicted octanol–water partition coefficient (Wildman–Crippen LogP) is 2.38. The van der Waals surface area contributed by atoms with Crippen LogP contribution < -0.4 is 10.3 Å². The summed E-state index contributed by atoms with van der Waals surface area (Å²) in [5.74, 6) is 0.808. The maximum Gasteiger partial charge on any atom is 0.268 e. The number of aryl methyl sites for hydroxylation is 2. The van der Waals surface area contributed by atoms with Gasteiger partial charge >= 0.3 is 0 Å². The largest absolute Gasteiger partial charge is 0.496 e. The minimum absolute atomic E-state index is 0.113. The molecule has 2 aromatic heterocycles. The summed E-state index contributed by atoms with van der Waals surface area (Å²) in [5.41, 5.74) is 3.28. The average molecular weight is 338 g/mol. The smallest absolute Gasteiger partial charge is 0.268 e. The normalized spacial score (nSPS) is 10.7. The lowest BCUT2D eigenvalue weighted by Gasteiger charge is -2.13. The van der Waals surface area contributed by atoms with Gasteiger partial charge in [-0.3, -0.25) is 14.3 Å². The molecular formula is C14H16BrN3O2. The summed E-state index contributed by atoms with van der Waals surface area (Å²) in [4.78, 5) is 20.7. The van der Waals surface area contributed by atoms with E-state index in [0.717, 1.165) is 22.6 Å². The van der Waals surface area contributed by atoms with Crippen LogP contribution in [-0.2, 0) is 6.54 Å². The molecule has 0 aromatic carbocycles. The van der Waals surface area contributed by atoms with E-state index in [4.69, 9.17) is 4.74 Å². The monoisotopic (exact) mass is 337 g/mol. The first-order chi connectivity index (χ1) is 9.45. The fourth-order valence-corrected chi connectivity index (χ4v) is 2.38. The van der Waals surface area contributed by atoms with E-state index in [1.807, 2.05) is 13.8 Å². The van der Waals surface area contributed by atoms with E-state index in [-0.39, 0.29) is 5.56 Å².